The smallest absolute Gasteiger partial charge is 0.478 e. The number of hydrogen-bond donors (Lipinski definition) is 6. The summed E-state index contributed by atoms with van der Waals surface area (Å²) in [7, 11) is -8.23. The van der Waals surface area contributed by atoms with Crippen molar-refractivity contribution < 1.29 is 62.2 Å². The van der Waals surface area contributed by atoms with Crippen molar-refractivity contribution in [1.29, 1.82) is 0 Å². The van der Waals surface area contributed by atoms with E-state index in [0.717, 1.165) is 4.57 Å². The molecule has 3 heterocycles. The molecule has 218 valence electrons. The summed E-state index contributed by atoms with van der Waals surface area (Å²) in [6.45, 7) is -0.181. The van der Waals surface area contributed by atoms with E-state index in [1.165, 1.54) is 32.1 Å². The molecular weight excluding hydrogens is 560 g/mol. The molecule has 0 bridgehead atoms. The van der Waals surface area contributed by atoms with Crippen LogP contribution < -0.4 is 16.1 Å². The molecule has 0 amide bonds. The topological polar surface area (TPSA) is 263 Å². The summed E-state index contributed by atoms with van der Waals surface area (Å²) < 4.78 is 49.4. The van der Waals surface area contributed by atoms with Crippen molar-refractivity contribution in [2.45, 2.75) is 62.4 Å². The van der Waals surface area contributed by atoms with Crippen LogP contribution in [0.2, 0.25) is 0 Å². The number of rotatable bonds is 10. The molecule has 18 nitrogen and oxygen atoms in total. The van der Waals surface area contributed by atoms with Gasteiger partial charge in [-0.1, -0.05) is 0 Å². The molecule has 10 atom stereocenters. The van der Waals surface area contributed by atoms with Crippen molar-refractivity contribution in [3.05, 3.63) is 32.6 Å². The number of H-pyrrole nitrogens is 1. The van der Waals surface area contributed by atoms with E-state index in [4.69, 9.17) is 9.47 Å². The van der Waals surface area contributed by atoms with Crippen LogP contribution in [0.15, 0.2) is 15.8 Å². The first-order chi connectivity index (χ1) is 17.5. The second-order valence-corrected chi connectivity index (χ2v) is 11.9. The van der Waals surface area contributed by atoms with Gasteiger partial charge in [-0.25, -0.2) is 13.7 Å². The Hall–Kier alpha value is -1.34. The van der Waals surface area contributed by atoms with Crippen molar-refractivity contribution in [3.63, 3.8) is 0 Å². The molecule has 0 aliphatic carbocycles. The number of hydrogen-bond acceptors (Lipinski definition) is 15. The molecule has 2 fully saturated rings. The zero-order valence-corrected chi connectivity index (χ0v) is 22.2. The zero-order chi connectivity index (χ0) is 28.6. The number of likely N-dealkylation sites (N-methyl/N-ethyl adjacent to an activating group) is 1. The van der Waals surface area contributed by atoms with Gasteiger partial charge in [0.25, 0.3) is 13.4 Å². The number of aromatic amines is 1. The highest BCUT2D eigenvalue weighted by Crippen LogP contribution is 2.59. The average molecular weight is 590 g/mol. The molecule has 6 N–H and O–H groups in total. The monoisotopic (exact) mass is 590 g/mol. The Bertz CT molecular complexity index is 1190. The van der Waals surface area contributed by atoms with Crippen LogP contribution in [0.1, 0.15) is 18.2 Å². The van der Waals surface area contributed by atoms with Crippen molar-refractivity contribution in [2.75, 3.05) is 27.3 Å². The summed E-state index contributed by atoms with van der Waals surface area (Å²) in [5.74, 6) is 0. The summed E-state index contributed by atoms with van der Waals surface area (Å²) in [6.07, 6.45) is -9.24. The summed E-state index contributed by atoms with van der Waals surface area (Å²) >= 11 is 0. The van der Waals surface area contributed by atoms with Crippen LogP contribution in [-0.2, 0) is 32.0 Å². The van der Waals surface area contributed by atoms with Crippen LogP contribution in [-0.4, -0.2) is 110 Å². The Morgan fingerprint density at radius 1 is 1.18 bits per heavy atom. The fraction of sp³-hybridized carbons (Fsp3) is 0.778. The standard InChI is InChI=1S/C18H31N3O15P2/c1-8-5-21(18(27)19-16(8)26)12-4-9(23)11(33-12)7-32-37(28,29)36-38(30,31)35-17-15(25)13(20(2)3)14(24)10(6-22)34-17/h5,9-15,17,22-25H,4,6-7H2,1-3H3,(H,28,29)(H,30,31)(H,19,26,27)/p-1/t9-,10?,11-,12-,13+,14+,15?,17+/m1/s1. The normalized spacial score (nSPS) is 35.2. The molecule has 1 aromatic heterocycles. The molecule has 2 saturated heterocycles. The maximum Gasteiger partial charge on any atom is 0.478 e. The van der Waals surface area contributed by atoms with E-state index in [2.05, 4.69) is 18.3 Å². The van der Waals surface area contributed by atoms with Crippen molar-refractivity contribution in [2.24, 2.45) is 0 Å². The first kappa shape index (κ1) is 31.2. The highest BCUT2D eigenvalue weighted by Gasteiger charge is 2.48. The third-order valence-electron chi connectivity index (χ3n) is 5.94. The first-order valence-corrected chi connectivity index (χ1v) is 14.1. The Morgan fingerprint density at radius 3 is 2.45 bits per heavy atom. The van der Waals surface area contributed by atoms with Gasteiger partial charge >= 0.3 is 13.5 Å². The quantitative estimate of drug-likeness (QED) is 0.144. The maximum atomic E-state index is 12.3. The second kappa shape index (κ2) is 12.0. The highest BCUT2D eigenvalue weighted by molar-refractivity contribution is 7.60. The molecule has 2 aliphatic rings. The minimum atomic E-state index is -5.72. The van der Waals surface area contributed by atoms with Crippen LogP contribution in [0.25, 0.3) is 0 Å². The fourth-order valence-corrected chi connectivity index (χ4v) is 6.18. The van der Waals surface area contributed by atoms with Crippen LogP contribution in [0, 0.1) is 6.92 Å². The molecule has 0 aromatic carbocycles. The van der Waals surface area contributed by atoms with Gasteiger partial charge in [-0.3, -0.25) is 28.0 Å². The van der Waals surface area contributed by atoms with Gasteiger partial charge in [-0.15, -0.1) is 0 Å². The lowest BCUT2D eigenvalue weighted by atomic mass is 9.95. The molecule has 20 heteroatoms. The van der Waals surface area contributed by atoms with Crippen LogP contribution in [0.5, 0.6) is 0 Å². The number of phosphoric acid groups is 2. The highest BCUT2D eigenvalue weighted by atomic mass is 31.3. The predicted octanol–water partition coefficient (Wildman–Crippen LogP) is -3.52. The number of phosphoric ester groups is 2. The summed E-state index contributed by atoms with van der Waals surface area (Å²) in [5, 5.41) is 40.2. The lowest BCUT2D eigenvalue weighted by molar-refractivity contribution is -0.293. The van der Waals surface area contributed by atoms with Gasteiger partial charge in [0.2, 0.25) is 0 Å². The molecule has 38 heavy (non-hydrogen) atoms. The van der Waals surface area contributed by atoms with E-state index in [9.17, 15) is 48.9 Å². The summed E-state index contributed by atoms with van der Waals surface area (Å²) in [4.78, 5) is 49.2. The van der Waals surface area contributed by atoms with Gasteiger partial charge < -0.3 is 44.6 Å². The number of aliphatic hydroxyl groups is 4. The molecule has 0 spiro atoms. The molecule has 4 unspecified atom stereocenters. The number of ether oxygens (including phenoxy) is 2. The molecule has 2 aliphatic heterocycles. The Labute approximate surface area is 215 Å². The molecule has 0 saturated carbocycles. The number of aliphatic hydroxyl groups excluding tert-OH is 4. The Morgan fingerprint density at radius 2 is 1.84 bits per heavy atom. The van der Waals surface area contributed by atoms with Crippen molar-refractivity contribution in [3.8, 4) is 0 Å². The molecule has 0 radical (unpaired) electrons. The maximum absolute atomic E-state index is 12.3. The van der Waals surface area contributed by atoms with E-state index in [1.54, 1.807) is 0 Å². The molecule has 1 aromatic rings. The van der Waals surface area contributed by atoms with E-state index in [0.29, 0.717) is 0 Å². The number of aryl methyl sites for hydroxylation is 1. The van der Waals surface area contributed by atoms with Crippen molar-refractivity contribution >= 4 is 15.6 Å². The van der Waals surface area contributed by atoms with Crippen LogP contribution >= 0.6 is 15.6 Å². The Balaban J connectivity index is 1.62. The second-order valence-electron chi connectivity index (χ2n) is 8.97. The third-order valence-corrected chi connectivity index (χ3v) is 8.51. The van der Waals surface area contributed by atoms with Gasteiger partial charge in [0.15, 0.2) is 6.29 Å². The van der Waals surface area contributed by atoms with E-state index in [-0.39, 0.29) is 12.0 Å². The SMILES string of the molecule is Cc1cn([C@H]2C[C@@H](O)[C@@H](COP(=O)(O)OP(=O)([O-])O[C@@H]3OC(CO)[C@H](O)[C@H](N(C)C)C3O)O2)c(=O)[nH]c1=O. The van der Waals surface area contributed by atoms with E-state index >= 15 is 0 Å². The minimum Gasteiger partial charge on any atom is -0.756 e. The molecular formula is C18H30N3O15P2-. The van der Waals surface area contributed by atoms with Crippen molar-refractivity contribution in [1.82, 2.24) is 14.5 Å². The van der Waals surface area contributed by atoms with Crippen LogP contribution in [0.4, 0.5) is 0 Å². The van der Waals surface area contributed by atoms with E-state index < -0.39 is 89.2 Å². The lowest BCUT2D eigenvalue weighted by Gasteiger charge is -2.45. The van der Waals surface area contributed by atoms with E-state index in [1.807, 2.05) is 0 Å². The third kappa shape index (κ3) is 7.24. The fourth-order valence-electron chi connectivity index (χ4n) is 4.07. The number of aromatic nitrogens is 2. The average Bonchev–Trinajstić information content (AvgIpc) is 3.16. The number of nitrogens with zero attached hydrogens (tertiary/aromatic N) is 2. The van der Waals surface area contributed by atoms with Gasteiger partial charge in [-0.05, 0) is 21.0 Å². The Kier molecular flexibility index (Phi) is 9.88. The van der Waals surface area contributed by atoms with Gasteiger partial charge in [0.05, 0.1) is 25.4 Å². The summed E-state index contributed by atoms with van der Waals surface area (Å²) in [5.41, 5.74) is -1.25. The van der Waals surface area contributed by atoms with Gasteiger partial charge in [-0.2, -0.15) is 0 Å². The van der Waals surface area contributed by atoms with Crippen LogP contribution in [0.3, 0.4) is 0 Å². The molecule has 3 rings (SSSR count). The largest absolute Gasteiger partial charge is 0.756 e. The first-order valence-electron chi connectivity index (χ1n) is 11.2. The zero-order valence-electron chi connectivity index (χ0n) is 20.4. The predicted molar refractivity (Wildman–Crippen MR) is 121 cm³/mol. The van der Waals surface area contributed by atoms with Gasteiger partial charge in [0, 0.05) is 18.2 Å². The number of nitrogens with one attached hydrogen (secondary N) is 1. The van der Waals surface area contributed by atoms with Gasteiger partial charge in [0.1, 0.15) is 30.6 Å². The lowest BCUT2D eigenvalue weighted by Crippen LogP contribution is -2.63. The minimum absolute atomic E-state index is 0.166. The summed E-state index contributed by atoms with van der Waals surface area (Å²) in [6, 6.07) is -1.14.